The Morgan fingerprint density at radius 3 is 2.14 bits per heavy atom. The van der Waals surface area contributed by atoms with E-state index in [1.807, 2.05) is 0 Å². The summed E-state index contributed by atoms with van der Waals surface area (Å²) >= 11 is 3.61. The van der Waals surface area contributed by atoms with Crippen LogP contribution in [0.4, 0.5) is 0 Å². The molecular weight excluding hydrogens is 422 g/mol. The topological polar surface area (TPSA) is 14.2 Å². The van der Waals surface area contributed by atoms with Crippen LogP contribution in [0.25, 0.3) is 10.9 Å². The molecular formula is C26H24BrNO. The van der Waals surface area contributed by atoms with Gasteiger partial charge in [0.25, 0.3) is 0 Å². The molecule has 3 aromatic carbocycles. The van der Waals surface area contributed by atoms with Crippen LogP contribution < -0.4 is 0 Å². The molecule has 29 heavy (non-hydrogen) atoms. The first-order chi connectivity index (χ1) is 14.0. The van der Waals surface area contributed by atoms with Crippen LogP contribution in [-0.2, 0) is 22.8 Å². The summed E-state index contributed by atoms with van der Waals surface area (Å²) in [5, 5.41) is 1.26. The van der Waals surface area contributed by atoms with E-state index in [0.717, 1.165) is 10.9 Å². The maximum Gasteiger partial charge on any atom is 0.0937 e. The summed E-state index contributed by atoms with van der Waals surface area (Å²) in [6.45, 7) is 2.92. The summed E-state index contributed by atoms with van der Waals surface area (Å²) in [4.78, 5) is 0. The highest BCUT2D eigenvalue weighted by Gasteiger charge is 2.50. The largest absolute Gasteiger partial charge is 0.369 e. The van der Waals surface area contributed by atoms with Gasteiger partial charge in [-0.15, -0.1) is 0 Å². The van der Waals surface area contributed by atoms with Gasteiger partial charge in [-0.05, 0) is 36.6 Å². The van der Waals surface area contributed by atoms with E-state index in [2.05, 4.69) is 120 Å². The second-order valence-corrected chi connectivity index (χ2v) is 9.24. The summed E-state index contributed by atoms with van der Waals surface area (Å²) < 4.78 is 9.98. The van der Waals surface area contributed by atoms with Crippen LogP contribution in [0.1, 0.15) is 30.0 Å². The molecule has 1 unspecified atom stereocenters. The second kappa shape index (κ2) is 6.86. The number of halogens is 1. The first kappa shape index (κ1) is 18.7. The predicted molar refractivity (Wildman–Crippen MR) is 122 cm³/mol. The van der Waals surface area contributed by atoms with Crippen molar-refractivity contribution in [2.75, 3.05) is 6.61 Å². The van der Waals surface area contributed by atoms with Crippen LogP contribution in [0.2, 0.25) is 0 Å². The van der Waals surface area contributed by atoms with Gasteiger partial charge in [0.1, 0.15) is 0 Å². The molecule has 0 radical (unpaired) electrons. The average molecular weight is 446 g/mol. The van der Waals surface area contributed by atoms with Gasteiger partial charge in [-0.1, -0.05) is 82.7 Å². The van der Waals surface area contributed by atoms with E-state index >= 15 is 0 Å². The molecule has 1 aromatic heterocycles. The first-order valence-electron chi connectivity index (χ1n) is 10.0. The van der Waals surface area contributed by atoms with Crippen molar-refractivity contribution in [3.05, 3.63) is 106 Å². The van der Waals surface area contributed by atoms with Crippen molar-refractivity contribution in [2.24, 2.45) is 7.05 Å². The predicted octanol–water partition coefficient (Wildman–Crippen LogP) is 6.56. The third-order valence-electron chi connectivity index (χ3n) is 6.45. The standard InChI is InChI=1S/C26H24BrNO/c1-25(23-16-28(2)24-15-21(27)13-14-22(23)24)17-26(18-29-25,19-9-5-3-6-10-19)20-11-7-4-8-12-20/h3-16H,17-18H2,1-2H3. The van der Waals surface area contributed by atoms with Gasteiger partial charge in [-0.3, -0.25) is 0 Å². The van der Waals surface area contributed by atoms with Gasteiger partial charge in [0.15, 0.2) is 0 Å². The monoisotopic (exact) mass is 445 g/mol. The van der Waals surface area contributed by atoms with Crippen LogP contribution in [0.5, 0.6) is 0 Å². The van der Waals surface area contributed by atoms with E-state index in [4.69, 9.17) is 4.74 Å². The first-order valence-corrected chi connectivity index (χ1v) is 10.8. The Balaban J connectivity index is 1.66. The van der Waals surface area contributed by atoms with Gasteiger partial charge in [0.2, 0.25) is 0 Å². The number of hydrogen-bond acceptors (Lipinski definition) is 1. The van der Waals surface area contributed by atoms with Crippen LogP contribution in [0, 0.1) is 0 Å². The van der Waals surface area contributed by atoms with Gasteiger partial charge in [0, 0.05) is 39.6 Å². The molecule has 1 aliphatic rings. The molecule has 146 valence electrons. The zero-order valence-corrected chi connectivity index (χ0v) is 18.3. The fourth-order valence-electron chi connectivity index (χ4n) is 4.96. The van der Waals surface area contributed by atoms with Crippen LogP contribution in [0.15, 0.2) is 89.5 Å². The summed E-state index contributed by atoms with van der Waals surface area (Å²) in [7, 11) is 2.11. The number of benzene rings is 3. The Morgan fingerprint density at radius 1 is 0.897 bits per heavy atom. The van der Waals surface area contributed by atoms with E-state index in [0.29, 0.717) is 6.61 Å². The number of aryl methyl sites for hydroxylation is 1. The lowest BCUT2D eigenvalue weighted by atomic mass is 9.70. The molecule has 2 nitrogen and oxygen atoms in total. The molecule has 0 spiro atoms. The van der Waals surface area contributed by atoms with Crippen molar-refractivity contribution in [2.45, 2.75) is 24.4 Å². The molecule has 1 atom stereocenters. The smallest absolute Gasteiger partial charge is 0.0937 e. The molecule has 0 saturated carbocycles. The van der Waals surface area contributed by atoms with Crippen LogP contribution in [0.3, 0.4) is 0 Å². The summed E-state index contributed by atoms with van der Waals surface area (Å²) in [6.07, 6.45) is 3.15. The minimum atomic E-state index is -0.362. The number of aromatic nitrogens is 1. The number of hydrogen-bond donors (Lipinski definition) is 0. The van der Waals surface area contributed by atoms with Crippen molar-refractivity contribution in [1.29, 1.82) is 0 Å². The number of rotatable bonds is 3. The molecule has 4 aromatic rings. The van der Waals surface area contributed by atoms with Crippen molar-refractivity contribution in [1.82, 2.24) is 4.57 Å². The lowest BCUT2D eigenvalue weighted by Gasteiger charge is -2.31. The van der Waals surface area contributed by atoms with E-state index in [9.17, 15) is 0 Å². The average Bonchev–Trinajstić information content (AvgIpc) is 3.29. The second-order valence-electron chi connectivity index (χ2n) is 8.33. The molecule has 3 heteroatoms. The van der Waals surface area contributed by atoms with E-state index in [1.54, 1.807) is 0 Å². The lowest BCUT2D eigenvalue weighted by molar-refractivity contribution is 0.0165. The third-order valence-corrected chi connectivity index (χ3v) is 6.94. The molecule has 1 aliphatic heterocycles. The quantitative estimate of drug-likeness (QED) is 0.348. The van der Waals surface area contributed by atoms with Gasteiger partial charge in [-0.2, -0.15) is 0 Å². The van der Waals surface area contributed by atoms with Crippen LogP contribution >= 0.6 is 15.9 Å². The Labute approximate surface area is 180 Å². The highest BCUT2D eigenvalue weighted by molar-refractivity contribution is 9.10. The van der Waals surface area contributed by atoms with Crippen molar-refractivity contribution in [3.8, 4) is 0 Å². The minimum Gasteiger partial charge on any atom is -0.369 e. The fraction of sp³-hybridized carbons (Fsp3) is 0.231. The maximum absolute atomic E-state index is 6.68. The molecule has 0 bridgehead atoms. The molecule has 0 N–H and O–H groups in total. The Morgan fingerprint density at radius 2 is 1.52 bits per heavy atom. The van der Waals surface area contributed by atoms with Crippen molar-refractivity contribution >= 4 is 26.8 Å². The SMILES string of the molecule is Cn1cc(C2(C)CC(c3ccccc3)(c3ccccc3)CO2)c2ccc(Br)cc21. The number of ether oxygens (including phenoxy) is 1. The highest BCUT2D eigenvalue weighted by atomic mass is 79.9. The molecule has 5 rings (SSSR count). The summed E-state index contributed by atoms with van der Waals surface area (Å²) in [5.41, 5.74) is 4.59. The normalized spacial score (nSPS) is 20.9. The molecule has 2 heterocycles. The Bertz CT molecular complexity index is 1130. The number of fused-ring (bicyclic) bond motifs is 1. The Hall–Kier alpha value is -2.36. The molecule has 0 amide bonds. The molecule has 1 saturated heterocycles. The van der Waals surface area contributed by atoms with Crippen LogP contribution in [-0.4, -0.2) is 11.2 Å². The fourth-order valence-corrected chi connectivity index (χ4v) is 5.31. The van der Waals surface area contributed by atoms with Gasteiger partial charge < -0.3 is 9.30 Å². The minimum absolute atomic E-state index is 0.158. The van der Waals surface area contributed by atoms with Gasteiger partial charge in [0.05, 0.1) is 12.2 Å². The number of nitrogens with zero attached hydrogens (tertiary/aromatic N) is 1. The lowest BCUT2D eigenvalue weighted by Crippen LogP contribution is -2.30. The summed E-state index contributed by atoms with van der Waals surface area (Å²) in [5.74, 6) is 0. The summed E-state index contributed by atoms with van der Waals surface area (Å²) in [6, 6.07) is 28.1. The highest BCUT2D eigenvalue weighted by Crippen LogP contribution is 2.52. The van der Waals surface area contributed by atoms with Crippen molar-refractivity contribution in [3.63, 3.8) is 0 Å². The zero-order chi connectivity index (χ0) is 20.1. The third kappa shape index (κ3) is 2.95. The maximum atomic E-state index is 6.68. The van der Waals surface area contributed by atoms with E-state index in [1.165, 1.54) is 27.6 Å². The van der Waals surface area contributed by atoms with E-state index < -0.39 is 0 Å². The van der Waals surface area contributed by atoms with Gasteiger partial charge >= 0.3 is 0 Å². The van der Waals surface area contributed by atoms with Crippen molar-refractivity contribution < 1.29 is 4.74 Å². The zero-order valence-electron chi connectivity index (χ0n) is 16.7. The Kier molecular flexibility index (Phi) is 4.41. The van der Waals surface area contributed by atoms with Gasteiger partial charge in [-0.25, -0.2) is 0 Å². The molecule has 1 fully saturated rings. The van der Waals surface area contributed by atoms with E-state index in [-0.39, 0.29) is 11.0 Å². The molecule has 0 aliphatic carbocycles.